The second kappa shape index (κ2) is 5.61. The summed E-state index contributed by atoms with van der Waals surface area (Å²) < 4.78 is 0. The molecule has 0 aromatic carbocycles. The van der Waals surface area contributed by atoms with Crippen LogP contribution in [0.5, 0.6) is 0 Å². The van der Waals surface area contributed by atoms with E-state index in [2.05, 4.69) is 30.7 Å². The molecule has 0 saturated carbocycles. The van der Waals surface area contributed by atoms with Crippen molar-refractivity contribution in [3.8, 4) is 0 Å². The van der Waals surface area contributed by atoms with E-state index in [-0.39, 0.29) is 0 Å². The molecule has 1 aliphatic heterocycles. The summed E-state index contributed by atoms with van der Waals surface area (Å²) >= 11 is 0. The van der Waals surface area contributed by atoms with Crippen molar-refractivity contribution in [1.29, 1.82) is 0 Å². The topological polar surface area (TPSA) is 6.48 Å². The van der Waals surface area contributed by atoms with E-state index >= 15 is 0 Å². The van der Waals surface area contributed by atoms with Gasteiger partial charge in [-0.2, -0.15) is 0 Å². The number of likely N-dealkylation sites (tertiary alicyclic amines) is 1. The van der Waals surface area contributed by atoms with Gasteiger partial charge in [0.2, 0.25) is 0 Å². The minimum atomic E-state index is 0.835. The summed E-state index contributed by atoms with van der Waals surface area (Å²) in [6.07, 6.45) is 4.08. The van der Waals surface area contributed by atoms with E-state index in [4.69, 9.17) is 0 Å². The molecule has 13 heavy (non-hydrogen) atoms. The molecular weight excluding hydrogens is 160 g/mol. The molecule has 78 valence electrons. The molecule has 0 aliphatic carbocycles. The van der Waals surface area contributed by atoms with Gasteiger partial charge in [-0.3, -0.25) is 4.90 Å². The molecule has 0 bridgehead atoms. The minimum Gasteiger partial charge on any atom is -0.305 e. The van der Waals surface area contributed by atoms with Crippen molar-refractivity contribution >= 4 is 0 Å². The molecule has 1 fully saturated rings. The van der Waals surface area contributed by atoms with Crippen molar-refractivity contribution < 1.29 is 0 Å². The molecule has 0 amide bonds. The van der Waals surface area contributed by atoms with Crippen LogP contribution in [0.1, 0.15) is 33.1 Å². The normalized spacial score (nSPS) is 24.5. The fourth-order valence-electron chi connectivity index (χ4n) is 2.35. The summed E-state index contributed by atoms with van der Waals surface area (Å²) in [5.41, 5.74) is 0. The number of hydrogen-bond donors (Lipinski definition) is 0. The number of likely N-dealkylation sites (N-methyl/N-ethyl adjacent to an activating group) is 2. The summed E-state index contributed by atoms with van der Waals surface area (Å²) in [5.74, 6) is 0. The summed E-state index contributed by atoms with van der Waals surface area (Å²) in [6, 6.07) is 0.835. The molecule has 1 unspecified atom stereocenters. The molecule has 0 radical (unpaired) electrons. The van der Waals surface area contributed by atoms with E-state index in [1.807, 2.05) is 0 Å². The zero-order valence-corrected chi connectivity index (χ0v) is 9.42. The molecule has 1 atom stereocenters. The van der Waals surface area contributed by atoms with E-state index in [9.17, 15) is 0 Å². The van der Waals surface area contributed by atoms with E-state index in [0.29, 0.717) is 0 Å². The largest absolute Gasteiger partial charge is 0.305 e. The van der Waals surface area contributed by atoms with Crippen molar-refractivity contribution in [2.75, 3.05) is 33.2 Å². The van der Waals surface area contributed by atoms with Crippen LogP contribution >= 0.6 is 0 Å². The third-order valence-corrected chi connectivity index (χ3v) is 3.03. The highest BCUT2D eigenvalue weighted by molar-refractivity contribution is 4.80. The van der Waals surface area contributed by atoms with Crippen LogP contribution in [0.15, 0.2) is 0 Å². The van der Waals surface area contributed by atoms with Crippen LogP contribution in [-0.2, 0) is 0 Å². The standard InChI is InChI=1S/C11H24N2/c1-4-8-12(3)10-11-7-6-9-13(11)5-2/h11H,4-10H2,1-3H3. The fourth-order valence-corrected chi connectivity index (χ4v) is 2.35. The van der Waals surface area contributed by atoms with Gasteiger partial charge < -0.3 is 4.90 Å². The molecule has 1 saturated heterocycles. The molecule has 2 nitrogen and oxygen atoms in total. The lowest BCUT2D eigenvalue weighted by Gasteiger charge is -2.27. The Bertz CT molecular complexity index is 136. The Balaban J connectivity index is 2.26. The van der Waals surface area contributed by atoms with E-state index < -0.39 is 0 Å². The van der Waals surface area contributed by atoms with Gasteiger partial charge >= 0.3 is 0 Å². The highest BCUT2D eigenvalue weighted by Crippen LogP contribution is 2.17. The molecule has 0 aromatic rings. The lowest BCUT2D eigenvalue weighted by molar-refractivity contribution is 0.199. The zero-order chi connectivity index (χ0) is 9.68. The third-order valence-electron chi connectivity index (χ3n) is 3.03. The Kier molecular flexibility index (Phi) is 4.74. The van der Waals surface area contributed by atoms with Crippen molar-refractivity contribution in [3.05, 3.63) is 0 Å². The van der Waals surface area contributed by atoms with Gasteiger partial charge in [-0.15, -0.1) is 0 Å². The first-order valence-corrected chi connectivity index (χ1v) is 5.70. The third kappa shape index (κ3) is 3.28. The first kappa shape index (κ1) is 11.0. The van der Waals surface area contributed by atoms with Crippen LogP contribution < -0.4 is 0 Å². The monoisotopic (exact) mass is 184 g/mol. The maximum Gasteiger partial charge on any atom is 0.0223 e. The Hall–Kier alpha value is -0.0800. The Labute approximate surface area is 82.9 Å². The first-order valence-electron chi connectivity index (χ1n) is 5.70. The second-order valence-electron chi connectivity index (χ2n) is 4.19. The van der Waals surface area contributed by atoms with Crippen molar-refractivity contribution in [2.24, 2.45) is 0 Å². The Morgan fingerprint density at radius 1 is 1.38 bits per heavy atom. The quantitative estimate of drug-likeness (QED) is 0.643. The molecular formula is C11H24N2. The SMILES string of the molecule is CCCN(C)CC1CCCN1CC. The highest BCUT2D eigenvalue weighted by atomic mass is 15.2. The van der Waals surface area contributed by atoms with Crippen molar-refractivity contribution in [2.45, 2.75) is 39.2 Å². The number of rotatable bonds is 5. The maximum absolute atomic E-state index is 2.62. The van der Waals surface area contributed by atoms with Crippen molar-refractivity contribution in [1.82, 2.24) is 9.80 Å². The average Bonchev–Trinajstić information content (AvgIpc) is 2.52. The predicted octanol–water partition coefficient (Wildman–Crippen LogP) is 1.81. The average molecular weight is 184 g/mol. The summed E-state index contributed by atoms with van der Waals surface area (Å²) in [4.78, 5) is 5.09. The second-order valence-corrected chi connectivity index (χ2v) is 4.19. The smallest absolute Gasteiger partial charge is 0.0223 e. The minimum absolute atomic E-state index is 0.835. The van der Waals surface area contributed by atoms with E-state index in [1.165, 1.54) is 45.4 Å². The Morgan fingerprint density at radius 2 is 2.15 bits per heavy atom. The van der Waals surface area contributed by atoms with Crippen LogP contribution in [0.4, 0.5) is 0 Å². The van der Waals surface area contributed by atoms with Crippen LogP contribution in [0.3, 0.4) is 0 Å². The number of nitrogens with zero attached hydrogens (tertiary/aromatic N) is 2. The molecule has 1 rings (SSSR count). The van der Waals surface area contributed by atoms with Crippen LogP contribution in [0.2, 0.25) is 0 Å². The van der Waals surface area contributed by atoms with Gasteiger partial charge in [-0.05, 0) is 45.9 Å². The molecule has 0 spiro atoms. The molecule has 1 heterocycles. The summed E-state index contributed by atoms with van der Waals surface area (Å²) in [7, 11) is 2.25. The fraction of sp³-hybridized carbons (Fsp3) is 1.00. The molecule has 0 aromatic heterocycles. The lowest BCUT2D eigenvalue weighted by Crippen LogP contribution is -2.38. The van der Waals surface area contributed by atoms with Gasteiger partial charge in [0.25, 0.3) is 0 Å². The van der Waals surface area contributed by atoms with E-state index in [1.54, 1.807) is 0 Å². The van der Waals surface area contributed by atoms with E-state index in [0.717, 1.165) is 6.04 Å². The van der Waals surface area contributed by atoms with Crippen LogP contribution in [-0.4, -0.2) is 49.1 Å². The van der Waals surface area contributed by atoms with Gasteiger partial charge in [0, 0.05) is 12.6 Å². The molecule has 1 aliphatic rings. The molecule has 2 heteroatoms. The van der Waals surface area contributed by atoms with Gasteiger partial charge in [0.05, 0.1) is 0 Å². The highest BCUT2D eigenvalue weighted by Gasteiger charge is 2.23. The van der Waals surface area contributed by atoms with Crippen LogP contribution in [0.25, 0.3) is 0 Å². The Morgan fingerprint density at radius 3 is 2.77 bits per heavy atom. The lowest BCUT2D eigenvalue weighted by atomic mass is 10.2. The molecule has 0 N–H and O–H groups in total. The van der Waals surface area contributed by atoms with Crippen molar-refractivity contribution in [3.63, 3.8) is 0 Å². The zero-order valence-electron chi connectivity index (χ0n) is 9.42. The summed E-state index contributed by atoms with van der Waals surface area (Å²) in [5, 5.41) is 0. The van der Waals surface area contributed by atoms with Gasteiger partial charge in [0.15, 0.2) is 0 Å². The van der Waals surface area contributed by atoms with Crippen LogP contribution in [0, 0.1) is 0 Å². The number of hydrogen-bond acceptors (Lipinski definition) is 2. The van der Waals surface area contributed by atoms with Gasteiger partial charge in [0.1, 0.15) is 0 Å². The van der Waals surface area contributed by atoms with Gasteiger partial charge in [-0.25, -0.2) is 0 Å². The van der Waals surface area contributed by atoms with Gasteiger partial charge in [-0.1, -0.05) is 13.8 Å². The first-order chi connectivity index (χ1) is 6.27. The predicted molar refractivity (Wildman–Crippen MR) is 58.1 cm³/mol. The maximum atomic E-state index is 2.62. The summed E-state index contributed by atoms with van der Waals surface area (Å²) in [6.45, 7) is 9.59.